The van der Waals surface area contributed by atoms with Crippen LogP contribution >= 0.6 is 0 Å². The first-order valence-electron chi connectivity index (χ1n) is 8.56. The third-order valence-corrected chi connectivity index (χ3v) is 4.35. The number of hydrogen-bond acceptors (Lipinski definition) is 4. The van der Waals surface area contributed by atoms with Crippen molar-refractivity contribution in [1.82, 2.24) is 4.98 Å². The van der Waals surface area contributed by atoms with Crippen molar-refractivity contribution in [2.75, 3.05) is 12.4 Å². The Kier molecular flexibility index (Phi) is 4.34. The summed E-state index contributed by atoms with van der Waals surface area (Å²) in [7, 11) is 1.59. The largest absolute Gasteiger partial charge is 0.496 e. The summed E-state index contributed by atoms with van der Waals surface area (Å²) in [6.45, 7) is 1.94. The van der Waals surface area contributed by atoms with Gasteiger partial charge in [-0.1, -0.05) is 18.2 Å². The van der Waals surface area contributed by atoms with Gasteiger partial charge < -0.3 is 14.5 Å². The first-order valence-corrected chi connectivity index (χ1v) is 8.56. The quantitative estimate of drug-likeness (QED) is 0.553. The number of aryl methyl sites for hydroxylation is 1. The van der Waals surface area contributed by atoms with Gasteiger partial charge in [0.05, 0.1) is 7.11 Å². The molecule has 0 unspecified atom stereocenters. The Hall–Kier alpha value is -3.60. The van der Waals surface area contributed by atoms with E-state index < -0.39 is 0 Å². The number of amides is 1. The molecule has 4 rings (SSSR count). The van der Waals surface area contributed by atoms with Crippen LogP contribution in [0.25, 0.3) is 22.6 Å². The van der Waals surface area contributed by atoms with E-state index in [1.54, 1.807) is 19.2 Å². The zero-order chi connectivity index (χ0) is 18.8. The maximum atomic E-state index is 12.5. The fourth-order valence-corrected chi connectivity index (χ4v) is 2.86. The number of fused-ring (bicyclic) bond motifs is 1. The summed E-state index contributed by atoms with van der Waals surface area (Å²) in [6, 6.07) is 20.4. The first kappa shape index (κ1) is 16.8. The molecule has 3 aromatic carbocycles. The van der Waals surface area contributed by atoms with Crippen LogP contribution in [0.15, 0.2) is 71.1 Å². The molecule has 1 aromatic heterocycles. The molecule has 27 heavy (non-hydrogen) atoms. The fourth-order valence-electron chi connectivity index (χ4n) is 2.86. The van der Waals surface area contributed by atoms with E-state index in [-0.39, 0.29) is 5.91 Å². The molecule has 1 heterocycles. The molecule has 5 heteroatoms. The minimum absolute atomic E-state index is 0.192. The van der Waals surface area contributed by atoms with Crippen LogP contribution in [-0.4, -0.2) is 18.0 Å². The molecule has 0 aliphatic carbocycles. The average molecular weight is 358 g/mol. The topological polar surface area (TPSA) is 64.4 Å². The van der Waals surface area contributed by atoms with Crippen molar-refractivity contribution in [3.05, 3.63) is 77.9 Å². The second kappa shape index (κ2) is 6.96. The van der Waals surface area contributed by atoms with Crippen LogP contribution in [0, 0.1) is 6.92 Å². The molecule has 0 saturated heterocycles. The SMILES string of the molecule is COc1cc(C(=O)Nc2ccc(-c3nc4ccccc4o3)cc2)ccc1C. The van der Waals surface area contributed by atoms with Gasteiger partial charge in [0.15, 0.2) is 5.58 Å². The molecule has 1 amide bonds. The molecular weight excluding hydrogens is 340 g/mol. The highest BCUT2D eigenvalue weighted by Gasteiger charge is 2.11. The van der Waals surface area contributed by atoms with E-state index in [4.69, 9.17) is 9.15 Å². The van der Waals surface area contributed by atoms with Crippen molar-refractivity contribution < 1.29 is 13.9 Å². The predicted molar refractivity (Wildman–Crippen MR) is 105 cm³/mol. The van der Waals surface area contributed by atoms with Gasteiger partial charge in [-0.05, 0) is 61.0 Å². The molecule has 4 aromatic rings. The molecule has 0 aliphatic rings. The van der Waals surface area contributed by atoms with Crippen LogP contribution in [0.4, 0.5) is 5.69 Å². The summed E-state index contributed by atoms with van der Waals surface area (Å²) in [5, 5.41) is 2.89. The lowest BCUT2D eigenvalue weighted by Gasteiger charge is -2.09. The van der Waals surface area contributed by atoms with E-state index in [2.05, 4.69) is 10.3 Å². The Balaban J connectivity index is 1.53. The number of carbonyl (C=O) groups is 1. The van der Waals surface area contributed by atoms with E-state index in [9.17, 15) is 4.79 Å². The van der Waals surface area contributed by atoms with E-state index in [1.807, 2.05) is 61.5 Å². The van der Waals surface area contributed by atoms with Crippen LogP contribution < -0.4 is 10.1 Å². The van der Waals surface area contributed by atoms with Crippen LogP contribution in [0.5, 0.6) is 5.75 Å². The van der Waals surface area contributed by atoms with Crippen molar-refractivity contribution in [1.29, 1.82) is 0 Å². The lowest BCUT2D eigenvalue weighted by molar-refractivity contribution is 0.102. The van der Waals surface area contributed by atoms with Crippen molar-refractivity contribution >= 4 is 22.7 Å². The summed E-state index contributed by atoms with van der Waals surface area (Å²) < 4.78 is 11.0. The van der Waals surface area contributed by atoms with Gasteiger partial charge in [-0.2, -0.15) is 0 Å². The lowest BCUT2D eigenvalue weighted by atomic mass is 10.1. The lowest BCUT2D eigenvalue weighted by Crippen LogP contribution is -2.12. The van der Waals surface area contributed by atoms with Crippen molar-refractivity contribution in [2.45, 2.75) is 6.92 Å². The van der Waals surface area contributed by atoms with E-state index in [0.717, 1.165) is 22.2 Å². The third kappa shape index (κ3) is 3.40. The van der Waals surface area contributed by atoms with Crippen LogP contribution in [-0.2, 0) is 0 Å². The number of nitrogens with zero attached hydrogens (tertiary/aromatic N) is 1. The molecule has 0 saturated carbocycles. The van der Waals surface area contributed by atoms with E-state index in [0.29, 0.717) is 22.9 Å². The van der Waals surface area contributed by atoms with Gasteiger partial charge in [0.25, 0.3) is 5.91 Å². The molecule has 134 valence electrons. The first-order chi connectivity index (χ1) is 13.1. The van der Waals surface area contributed by atoms with Gasteiger partial charge in [0.1, 0.15) is 11.3 Å². The minimum atomic E-state index is -0.192. The standard InChI is InChI=1S/C22H18N2O3/c1-14-7-8-16(13-20(14)26-2)21(25)23-17-11-9-15(10-12-17)22-24-18-5-3-4-6-19(18)27-22/h3-13H,1-2H3,(H,23,25). The summed E-state index contributed by atoms with van der Waals surface area (Å²) >= 11 is 0. The van der Waals surface area contributed by atoms with Crippen LogP contribution in [0.1, 0.15) is 15.9 Å². The maximum absolute atomic E-state index is 12.5. The van der Waals surface area contributed by atoms with Crippen molar-refractivity contribution in [3.63, 3.8) is 0 Å². The molecule has 0 spiro atoms. The Morgan fingerprint density at radius 1 is 1.04 bits per heavy atom. The predicted octanol–water partition coefficient (Wildman–Crippen LogP) is 5.06. The molecule has 0 bridgehead atoms. The monoisotopic (exact) mass is 358 g/mol. The van der Waals surface area contributed by atoms with Crippen LogP contribution in [0.3, 0.4) is 0 Å². The zero-order valence-electron chi connectivity index (χ0n) is 15.0. The molecule has 0 radical (unpaired) electrons. The van der Waals surface area contributed by atoms with Gasteiger partial charge >= 0.3 is 0 Å². The van der Waals surface area contributed by atoms with Gasteiger partial charge in [-0.15, -0.1) is 0 Å². The summed E-state index contributed by atoms with van der Waals surface area (Å²) in [5.41, 5.74) is 4.63. The summed E-state index contributed by atoms with van der Waals surface area (Å²) in [4.78, 5) is 16.9. The zero-order valence-corrected chi connectivity index (χ0v) is 15.0. The molecule has 0 fully saturated rings. The van der Waals surface area contributed by atoms with Crippen molar-refractivity contribution in [3.8, 4) is 17.2 Å². The normalized spacial score (nSPS) is 10.7. The molecule has 5 nitrogen and oxygen atoms in total. The maximum Gasteiger partial charge on any atom is 0.255 e. The Bertz CT molecular complexity index is 1080. The number of methoxy groups -OCH3 is 1. The Labute approximate surface area is 156 Å². The van der Waals surface area contributed by atoms with Gasteiger partial charge in [-0.3, -0.25) is 4.79 Å². The number of rotatable bonds is 4. The number of anilines is 1. The fraction of sp³-hybridized carbons (Fsp3) is 0.0909. The second-order valence-corrected chi connectivity index (χ2v) is 6.20. The number of carbonyl (C=O) groups excluding carboxylic acids is 1. The Morgan fingerprint density at radius 2 is 1.81 bits per heavy atom. The third-order valence-electron chi connectivity index (χ3n) is 4.35. The van der Waals surface area contributed by atoms with Gasteiger partial charge in [0, 0.05) is 16.8 Å². The van der Waals surface area contributed by atoms with Crippen molar-refractivity contribution in [2.24, 2.45) is 0 Å². The van der Waals surface area contributed by atoms with Crippen LogP contribution in [0.2, 0.25) is 0 Å². The highest BCUT2D eigenvalue weighted by Crippen LogP contribution is 2.25. The molecule has 0 atom stereocenters. The number of aromatic nitrogens is 1. The minimum Gasteiger partial charge on any atom is -0.496 e. The number of nitrogens with one attached hydrogen (secondary N) is 1. The number of oxazole rings is 1. The van der Waals surface area contributed by atoms with Gasteiger partial charge in [0.2, 0.25) is 5.89 Å². The smallest absolute Gasteiger partial charge is 0.255 e. The molecular formula is C22H18N2O3. The number of hydrogen-bond donors (Lipinski definition) is 1. The number of ether oxygens (including phenoxy) is 1. The van der Waals surface area contributed by atoms with E-state index >= 15 is 0 Å². The highest BCUT2D eigenvalue weighted by atomic mass is 16.5. The second-order valence-electron chi connectivity index (χ2n) is 6.20. The summed E-state index contributed by atoms with van der Waals surface area (Å²) in [6.07, 6.45) is 0. The average Bonchev–Trinajstić information content (AvgIpc) is 3.13. The Morgan fingerprint density at radius 3 is 2.56 bits per heavy atom. The number of para-hydroxylation sites is 2. The van der Waals surface area contributed by atoms with E-state index in [1.165, 1.54) is 0 Å². The summed E-state index contributed by atoms with van der Waals surface area (Å²) in [5.74, 6) is 1.05. The van der Waals surface area contributed by atoms with Gasteiger partial charge in [-0.25, -0.2) is 4.98 Å². The molecule has 0 aliphatic heterocycles. The number of benzene rings is 3. The highest BCUT2D eigenvalue weighted by molar-refractivity contribution is 6.04. The molecule has 1 N–H and O–H groups in total.